The number of hydrogen-bond acceptors (Lipinski definition) is 6. The molecule has 1 heterocycles. The van der Waals surface area contributed by atoms with E-state index in [0.29, 0.717) is 29.4 Å². The van der Waals surface area contributed by atoms with Crippen LogP contribution in [0.2, 0.25) is 0 Å². The summed E-state index contributed by atoms with van der Waals surface area (Å²) < 4.78 is 20.9. The number of fused-ring (bicyclic) bond motifs is 1. The van der Waals surface area contributed by atoms with E-state index in [-0.39, 0.29) is 6.42 Å². The SMILES string of the molecule is CCOc1ccc(SNc2c(Oc3ccc(CC(=O)O)cc3OC)ccc3[nH]c(C)cc23)c(C)c1. The molecule has 8 heteroatoms. The van der Waals surface area contributed by atoms with E-state index in [1.165, 1.54) is 19.1 Å². The third kappa shape index (κ3) is 5.66. The Morgan fingerprint density at radius 2 is 1.83 bits per heavy atom. The van der Waals surface area contributed by atoms with Crippen LogP contribution in [0, 0.1) is 13.8 Å². The maximum Gasteiger partial charge on any atom is 0.307 e. The van der Waals surface area contributed by atoms with E-state index >= 15 is 0 Å². The monoisotopic (exact) mass is 492 g/mol. The quantitative estimate of drug-likeness (QED) is 0.211. The van der Waals surface area contributed by atoms with Crippen molar-refractivity contribution in [3.8, 4) is 23.0 Å². The summed E-state index contributed by atoms with van der Waals surface area (Å²) in [5.74, 6) is 1.53. The fraction of sp³-hybridized carbons (Fsp3) is 0.222. The molecule has 182 valence electrons. The first-order valence-corrected chi connectivity index (χ1v) is 12.0. The highest BCUT2D eigenvalue weighted by Crippen LogP contribution is 2.42. The van der Waals surface area contributed by atoms with E-state index < -0.39 is 5.97 Å². The second kappa shape index (κ2) is 10.7. The van der Waals surface area contributed by atoms with Crippen LogP contribution in [0.1, 0.15) is 23.7 Å². The molecule has 4 rings (SSSR count). The average Bonchev–Trinajstić information content (AvgIpc) is 3.20. The third-order valence-corrected chi connectivity index (χ3v) is 6.41. The number of aromatic nitrogens is 1. The molecule has 0 bridgehead atoms. The Bertz CT molecular complexity index is 1370. The van der Waals surface area contributed by atoms with Crippen LogP contribution in [0.25, 0.3) is 10.9 Å². The molecule has 0 saturated carbocycles. The number of methoxy groups -OCH3 is 1. The van der Waals surface area contributed by atoms with Crippen LogP contribution in [0.15, 0.2) is 59.5 Å². The van der Waals surface area contributed by atoms with E-state index in [1.54, 1.807) is 18.2 Å². The van der Waals surface area contributed by atoms with Gasteiger partial charge in [-0.15, -0.1) is 0 Å². The largest absolute Gasteiger partial charge is 0.494 e. The topological polar surface area (TPSA) is 92.8 Å². The van der Waals surface area contributed by atoms with E-state index in [2.05, 4.69) is 22.7 Å². The number of carbonyl (C=O) groups is 1. The Labute approximate surface area is 208 Å². The van der Waals surface area contributed by atoms with Gasteiger partial charge in [0.1, 0.15) is 5.75 Å². The fourth-order valence-corrected chi connectivity index (χ4v) is 4.59. The average molecular weight is 493 g/mol. The van der Waals surface area contributed by atoms with E-state index in [9.17, 15) is 4.79 Å². The van der Waals surface area contributed by atoms with Crippen molar-refractivity contribution in [3.05, 3.63) is 71.4 Å². The van der Waals surface area contributed by atoms with Crippen LogP contribution in [-0.2, 0) is 11.2 Å². The Morgan fingerprint density at radius 3 is 2.54 bits per heavy atom. The smallest absolute Gasteiger partial charge is 0.307 e. The van der Waals surface area contributed by atoms with Gasteiger partial charge in [-0.2, -0.15) is 0 Å². The molecule has 0 amide bonds. The molecule has 0 fully saturated rings. The lowest BCUT2D eigenvalue weighted by Crippen LogP contribution is -2.01. The van der Waals surface area contributed by atoms with Gasteiger partial charge in [-0.05, 0) is 92.4 Å². The molecule has 3 N–H and O–H groups in total. The zero-order valence-electron chi connectivity index (χ0n) is 20.1. The molecule has 0 unspecified atom stereocenters. The van der Waals surface area contributed by atoms with Gasteiger partial charge >= 0.3 is 5.97 Å². The lowest BCUT2D eigenvalue weighted by molar-refractivity contribution is -0.136. The van der Waals surface area contributed by atoms with Crippen molar-refractivity contribution < 1.29 is 24.1 Å². The van der Waals surface area contributed by atoms with Crippen molar-refractivity contribution in [1.82, 2.24) is 4.98 Å². The summed E-state index contributed by atoms with van der Waals surface area (Å²) in [5, 5.41) is 10.1. The number of hydrogen-bond donors (Lipinski definition) is 3. The molecule has 0 aliphatic heterocycles. The van der Waals surface area contributed by atoms with Crippen molar-refractivity contribution in [3.63, 3.8) is 0 Å². The predicted molar refractivity (Wildman–Crippen MR) is 139 cm³/mol. The molecule has 0 spiro atoms. The highest BCUT2D eigenvalue weighted by molar-refractivity contribution is 8.00. The summed E-state index contributed by atoms with van der Waals surface area (Å²) in [4.78, 5) is 15.5. The number of aryl methyl sites for hydroxylation is 2. The van der Waals surface area contributed by atoms with E-state index in [1.807, 2.05) is 44.2 Å². The molecule has 0 saturated heterocycles. The normalized spacial score (nSPS) is 10.9. The second-order valence-corrected chi connectivity index (χ2v) is 8.92. The van der Waals surface area contributed by atoms with Crippen molar-refractivity contribution in [2.24, 2.45) is 0 Å². The fourth-order valence-electron chi connectivity index (χ4n) is 3.81. The number of carboxylic acid groups (broad SMARTS) is 1. The van der Waals surface area contributed by atoms with Crippen molar-refractivity contribution >= 4 is 34.5 Å². The number of nitrogens with one attached hydrogen (secondary N) is 2. The maximum atomic E-state index is 11.1. The summed E-state index contributed by atoms with van der Waals surface area (Å²) in [6.07, 6.45) is -0.0872. The molecule has 7 nitrogen and oxygen atoms in total. The van der Waals surface area contributed by atoms with Gasteiger partial charge < -0.3 is 29.0 Å². The minimum absolute atomic E-state index is 0.0872. The van der Waals surface area contributed by atoms with Crippen molar-refractivity contribution in [1.29, 1.82) is 0 Å². The first kappa shape index (κ1) is 24.3. The molecule has 4 aromatic rings. The van der Waals surface area contributed by atoms with Crippen LogP contribution in [0.4, 0.5) is 5.69 Å². The van der Waals surface area contributed by atoms with Gasteiger partial charge in [0.15, 0.2) is 17.2 Å². The molecule has 0 radical (unpaired) electrons. The molecule has 0 aliphatic carbocycles. The Hall–Kier alpha value is -3.78. The van der Waals surface area contributed by atoms with Gasteiger partial charge in [-0.3, -0.25) is 4.79 Å². The minimum Gasteiger partial charge on any atom is -0.494 e. The number of rotatable bonds is 10. The van der Waals surface area contributed by atoms with E-state index in [4.69, 9.17) is 19.3 Å². The number of aromatic amines is 1. The number of aliphatic carboxylic acids is 1. The van der Waals surface area contributed by atoms with Gasteiger partial charge in [0.25, 0.3) is 0 Å². The summed E-state index contributed by atoms with van der Waals surface area (Å²) in [5.41, 5.74) is 4.59. The number of ether oxygens (including phenoxy) is 3. The Balaban J connectivity index is 1.66. The van der Waals surface area contributed by atoms with Crippen molar-refractivity contribution in [2.75, 3.05) is 18.4 Å². The minimum atomic E-state index is -0.901. The molecule has 1 aromatic heterocycles. The second-order valence-electron chi connectivity index (χ2n) is 8.07. The zero-order valence-corrected chi connectivity index (χ0v) is 20.9. The van der Waals surface area contributed by atoms with Crippen LogP contribution in [-0.4, -0.2) is 29.8 Å². The molecule has 35 heavy (non-hydrogen) atoms. The van der Waals surface area contributed by atoms with Crippen LogP contribution < -0.4 is 18.9 Å². The summed E-state index contributed by atoms with van der Waals surface area (Å²) in [7, 11) is 1.54. The summed E-state index contributed by atoms with van der Waals surface area (Å²) in [6, 6.07) is 17.1. The van der Waals surface area contributed by atoms with Crippen LogP contribution in [0.3, 0.4) is 0 Å². The van der Waals surface area contributed by atoms with Gasteiger partial charge in [0.2, 0.25) is 0 Å². The van der Waals surface area contributed by atoms with E-state index in [0.717, 1.165) is 38.5 Å². The highest BCUT2D eigenvalue weighted by atomic mass is 32.2. The maximum absolute atomic E-state index is 11.1. The number of H-pyrrole nitrogens is 1. The standard InChI is InChI=1S/C27H28N2O5S/c1-5-33-19-7-11-25(16(2)12-19)35-29-27-20-13-17(3)28-21(20)8-10-23(27)34-22-9-6-18(15-26(30)31)14-24(22)32-4/h6-14,28-29H,5,15H2,1-4H3,(H,30,31). The number of benzene rings is 3. The van der Waals surface area contributed by atoms with Gasteiger partial charge in [-0.25, -0.2) is 0 Å². The number of anilines is 1. The first-order valence-electron chi connectivity index (χ1n) is 11.2. The van der Waals surface area contributed by atoms with Crippen LogP contribution in [0.5, 0.6) is 23.0 Å². The first-order chi connectivity index (χ1) is 16.9. The Morgan fingerprint density at radius 1 is 1.03 bits per heavy atom. The predicted octanol–water partition coefficient (Wildman–Crippen LogP) is 6.73. The molecule has 3 aromatic carbocycles. The molecule has 0 atom stereocenters. The Kier molecular flexibility index (Phi) is 7.41. The van der Waals surface area contributed by atoms with Gasteiger partial charge in [0.05, 0.1) is 25.8 Å². The van der Waals surface area contributed by atoms with Gasteiger partial charge in [-0.1, -0.05) is 6.07 Å². The van der Waals surface area contributed by atoms with Gasteiger partial charge in [0, 0.05) is 21.5 Å². The highest BCUT2D eigenvalue weighted by Gasteiger charge is 2.16. The summed E-state index contributed by atoms with van der Waals surface area (Å²) in [6.45, 7) is 6.66. The van der Waals surface area contributed by atoms with Crippen LogP contribution >= 0.6 is 11.9 Å². The lowest BCUT2D eigenvalue weighted by atomic mass is 10.1. The third-order valence-electron chi connectivity index (χ3n) is 5.42. The van der Waals surface area contributed by atoms with Crippen molar-refractivity contribution in [2.45, 2.75) is 32.1 Å². The lowest BCUT2D eigenvalue weighted by Gasteiger charge is -2.17. The molecule has 0 aliphatic rings. The zero-order chi connectivity index (χ0) is 24.9. The molecular weight excluding hydrogens is 464 g/mol. The molecular formula is C27H28N2O5S. The summed E-state index contributed by atoms with van der Waals surface area (Å²) >= 11 is 1.50. The number of carboxylic acids is 1.